The van der Waals surface area contributed by atoms with Gasteiger partial charge in [-0.1, -0.05) is 170 Å². The van der Waals surface area contributed by atoms with Crippen LogP contribution in [0.4, 0.5) is 34.1 Å². The highest BCUT2D eigenvalue weighted by atomic mass is 16.3. The predicted molar refractivity (Wildman–Crippen MR) is 313 cm³/mol. The van der Waals surface area contributed by atoms with Gasteiger partial charge in [0.05, 0.1) is 22.7 Å². The van der Waals surface area contributed by atoms with Crippen LogP contribution in [-0.4, -0.2) is 0 Å². The van der Waals surface area contributed by atoms with Gasteiger partial charge in [-0.3, -0.25) is 0 Å². The fourth-order valence-corrected chi connectivity index (χ4v) is 11.7. The van der Waals surface area contributed by atoms with E-state index >= 15 is 0 Å². The molecule has 0 radical (unpaired) electrons. The molecule has 15 rings (SSSR count). The maximum Gasteiger partial charge on any atom is 0.159 e. The molecule has 75 heavy (non-hydrogen) atoms. The van der Waals surface area contributed by atoms with Crippen LogP contribution in [0.3, 0.4) is 0 Å². The second kappa shape index (κ2) is 16.9. The van der Waals surface area contributed by atoms with Gasteiger partial charge in [0.25, 0.3) is 0 Å². The summed E-state index contributed by atoms with van der Waals surface area (Å²) in [6, 6.07) is 86.6. The quantitative estimate of drug-likeness (QED) is 0.152. The number of anilines is 6. The first-order chi connectivity index (χ1) is 37.0. The van der Waals surface area contributed by atoms with Gasteiger partial charge in [0.2, 0.25) is 0 Å². The van der Waals surface area contributed by atoms with Crippen LogP contribution in [0, 0.1) is 13.8 Å². The zero-order valence-electron chi connectivity index (χ0n) is 41.2. The molecule has 5 nitrogen and oxygen atoms in total. The van der Waals surface area contributed by atoms with Gasteiger partial charge in [-0.2, -0.15) is 0 Å². The van der Waals surface area contributed by atoms with Crippen molar-refractivity contribution in [1.29, 1.82) is 0 Å². The van der Waals surface area contributed by atoms with E-state index in [1.807, 2.05) is 12.1 Å². The first-order valence-electron chi connectivity index (χ1n) is 25.6. The molecule has 0 fully saturated rings. The zero-order chi connectivity index (χ0) is 49.7. The maximum absolute atomic E-state index is 6.93. The number of hydrogen-bond donors (Lipinski definition) is 0. The lowest BCUT2D eigenvalue weighted by Crippen LogP contribution is -2.13. The number of nitrogens with zero attached hydrogens (tertiary/aromatic N) is 2. The van der Waals surface area contributed by atoms with Gasteiger partial charge in [0.1, 0.15) is 22.3 Å². The Kier molecular flexibility index (Phi) is 9.63. The summed E-state index contributed by atoms with van der Waals surface area (Å²) >= 11 is 0. The molecule has 5 heteroatoms. The highest BCUT2D eigenvalue weighted by Gasteiger charge is 2.27. The zero-order valence-corrected chi connectivity index (χ0v) is 41.2. The topological polar surface area (TPSA) is 45.9 Å². The lowest BCUT2D eigenvalue weighted by Gasteiger charge is -2.29. The van der Waals surface area contributed by atoms with Crippen molar-refractivity contribution in [2.24, 2.45) is 0 Å². The van der Waals surface area contributed by atoms with Crippen molar-refractivity contribution in [3.8, 4) is 22.3 Å². The van der Waals surface area contributed by atoms with Gasteiger partial charge >= 0.3 is 0 Å². The van der Waals surface area contributed by atoms with Gasteiger partial charge in [0.15, 0.2) is 11.2 Å². The van der Waals surface area contributed by atoms with E-state index in [0.717, 1.165) is 155 Å². The van der Waals surface area contributed by atoms with Crippen LogP contribution in [0.5, 0.6) is 0 Å². The Morgan fingerprint density at radius 3 is 1.16 bits per heavy atom. The smallest absolute Gasteiger partial charge is 0.159 e. The minimum absolute atomic E-state index is 0.836. The average Bonchev–Trinajstić information content (AvgIpc) is 4.16. The van der Waals surface area contributed by atoms with Gasteiger partial charge in [-0.15, -0.1) is 0 Å². The van der Waals surface area contributed by atoms with Gasteiger partial charge in [-0.05, 0) is 130 Å². The third-order valence-corrected chi connectivity index (χ3v) is 15.2. The molecule has 0 saturated heterocycles. The number of furan rings is 3. The minimum atomic E-state index is 0.836. The molecule has 0 spiro atoms. The molecular formula is C70H46N2O3. The molecule has 3 aromatic heterocycles. The monoisotopic (exact) mass is 962 g/mol. The molecule has 0 aliphatic rings. The molecule has 0 unspecified atom stereocenters. The summed E-state index contributed by atoms with van der Waals surface area (Å²) in [6.07, 6.45) is 0. The third-order valence-electron chi connectivity index (χ3n) is 15.2. The molecule has 12 aromatic carbocycles. The van der Waals surface area contributed by atoms with E-state index in [2.05, 4.69) is 254 Å². The van der Waals surface area contributed by atoms with Crippen molar-refractivity contribution >= 4 is 121 Å². The fraction of sp³-hybridized carbons (Fsp3) is 0.0286. The minimum Gasteiger partial charge on any atom is -0.456 e. The Balaban J connectivity index is 0.898. The Bertz CT molecular complexity index is 4450. The first-order valence-corrected chi connectivity index (χ1v) is 25.6. The molecule has 3 heterocycles. The summed E-state index contributed by atoms with van der Waals surface area (Å²) < 4.78 is 20.5. The van der Waals surface area contributed by atoms with Crippen molar-refractivity contribution in [1.82, 2.24) is 0 Å². The normalized spacial score (nSPS) is 11.9. The summed E-state index contributed by atoms with van der Waals surface area (Å²) in [4.78, 5) is 4.76. The van der Waals surface area contributed by atoms with E-state index in [1.54, 1.807) is 0 Å². The van der Waals surface area contributed by atoms with Crippen molar-refractivity contribution in [3.05, 3.63) is 254 Å². The molecule has 0 bridgehead atoms. The van der Waals surface area contributed by atoms with E-state index < -0.39 is 0 Å². The first kappa shape index (κ1) is 42.8. The summed E-state index contributed by atoms with van der Waals surface area (Å²) in [6.45, 7) is 4.35. The molecular weight excluding hydrogens is 917 g/mol. The summed E-state index contributed by atoms with van der Waals surface area (Å²) in [5.74, 6) is 0. The summed E-state index contributed by atoms with van der Waals surface area (Å²) in [5.41, 5.74) is 18.0. The van der Waals surface area contributed by atoms with Crippen molar-refractivity contribution in [2.45, 2.75) is 13.8 Å². The van der Waals surface area contributed by atoms with Crippen LogP contribution in [-0.2, 0) is 0 Å². The average molecular weight is 963 g/mol. The highest BCUT2D eigenvalue weighted by molar-refractivity contribution is 6.16. The lowest BCUT2D eigenvalue weighted by molar-refractivity contribution is 0.668. The number of aryl methyl sites for hydroxylation is 2. The Hall–Kier alpha value is -9.84. The Labute approximate surface area is 432 Å². The van der Waals surface area contributed by atoms with Crippen molar-refractivity contribution < 1.29 is 13.3 Å². The molecule has 0 atom stereocenters. The molecule has 0 saturated carbocycles. The van der Waals surface area contributed by atoms with Crippen LogP contribution in [0.2, 0.25) is 0 Å². The second-order valence-electron chi connectivity index (χ2n) is 19.7. The van der Waals surface area contributed by atoms with Crippen LogP contribution >= 0.6 is 0 Å². The molecule has 0 aliphatic heterocycles. The second-order valence-corrected chi connectivity index (χ2v) is 19.7. The number of fused-ring (bicyclic) bond motifs is 11. The lowest BCUT2D eigenvalue weighted by atomic mass is 9.99. The van der Waals surface area contributed by atoms with Crippen molar-refractivity contribution in [2.75, 3.05) is 9.80 Å². The largest absolute Gasteiger partial charge is 0.456 e. The van der Waals surface area contributed by atoms with E-state index in [1.165, 1.54) is 0 Å². The van der Waals surface area contributed by atoms with E-state index in [-0.39, 0.29) is 0 Å². The molecule has 0 N–H and O–H groups in total. The van der Waals surface area contributed by atoms with Gasteiger partial charge in [0, 0.05) is 54.8 Å². The van der Waals surface area contributed by atoms with Gasteiger partial charge < -0.3 is 23.1 Å². The Morgan fingerprint density at radius 2 is 0.693 bits per heavy atom. The van der Waals surface area contributed by atoms with Crippen LogP contribution in [0.15, 0.2) is 256 Å². The van der Waals surface area contributed by atoms with E-state index in [4.69, 9.17) is 13.3 Å². The number of benzene rings is 12. The molecule has 354 valence electrons. The highest BCUT2D eigenvalue weighted by Crippen LogP contribution is 2.50. The molecule has 15 aromatic rings. The standard InChI is InChI=1S/C70H46N2O3/c1-43-29-35-57-55-23-11-15-27-63(55)74-69(57)67(43)71(61-25-13-9-21-53(61)45-17-5-3-6-18-45)51-33-31-47-39-59-60-40-48-32-34-52(38-50(48)42-66(60)73-65(59)41-49(47)37-51)72(62-26-14-10-22-54(62)46-19-7-4-8-20-46)68-44(2)30-36-58-56-24-12-16-28-64(56)75-70(58)68/h3-42H,1-2H3. The van der Waals surface area contributed by atoms with Crippen LogP contribution < -0.4 is 9.80 Å². The fourth-order valence-electron chi connectivity index (χ4n) is 11.7. The molecule has 0 amide bonds. The van der Waals surface area contributed by atoms with E-state index in [0.29, 0.717) is 0 Å². The number of hydrogen-bond acceptors (Lipinski definition) is 5. The molecule has 0 aliphatic carbocycles. The van der Waals surface area contributed by atoms with Crippen LogP contribution in [0.25, 0.3) is 110 Å². The Morgan fingerprint density at radius 1 is 0.280 bits per heavy atom. The van der Waals surface area contributed by atoms with Gasteiger partial charge in [-0.25, -0.2) is 0 Å². The number of para-hydroxylation sites is 4. The predicted octanol–water partition coefficient (Wildman–Crippen LogP) is 20.6. The van der Waals surface area contributed by atoms with E-state index in [9.17, 15) is 0 Å². The van der Waals surface area contributed by atoms with Crippen LogP contribution in [0.1, 0.15) is 11.1 Å². The SMILES string of the molecule is Cc1ccc2c(oc3ccccc32)c1N(c1ccc2cc3c(cc2c1)oc1cc2cc(N(c4ccccc4-c4ccccc4)c4c(C)ccc5c4oc4ccccc45)ccc2cc13)c1ccccc1-c1ccccc1. The summed E-state index contributed by atoms with van der Waals surface area (Å²) in [5, 5.41) is 10.9. The van der Waals surface area contributed by atoms with Crippen molar-refractivity contribution in [3.63, 3.8) is 0 Å². The maximum atomic E-state index is 6.93. The number of rotatable bonds is 8. The summed E-state index contributed by atoms with van der Waals surface area (Å²) in [7, 11) is 0. The third kappa shape index (κ3) is 6.86.